The van der Waals surface area contributed by atoms with Gasteiger partial charge in [-0.3, -0.25) is 9.59 Å². The Morgan fingerprint density at radius 2 is 2.12 bits per heavy atom. The van der Waals surface area contributed by atoms with Crippen molar-refractivity contribution >= 4 is 5.91 Å². The maximum atomic E-state index is 11.9. The summed E-state index contributed by atoms with van der Waals surface area (Å²) in [7, 11) is 0. The van der Waals surface area contributed by atoms with Gasteiger partial charge in [0, 0.05) is 24.8 Å². The lowest BCUT2D eigenvalue weighted by molar-refractivity contribution is -0.135. The van der Waals surface area contributed by atoms with Crippen LogP contribution in [0.4, 0.5) is 0 Å². The van der Waals surface area contributed by atoms with Gasteiger partial charge in [-0.25, -0.2) is 0 Å². The molecule has 1 aromatic heterocycles. The fourth-order valence-electron chi connectivity index (χ4n) is 1.84. The summed E-state index contributed by atoms with van der Waals surface area (Å²) in [5.41, 5.74) is 0.552. The minimum atomic E-state index is -0.103. The lowest BCUT2D eigenvalue weighted by atomic mass is 10.3. The highest BCUT2D eigenvalue weighted by Crippen LogP contribution is 1.99. The van der Waals surface area contributed by atoms with Crippen LogP contribution >= 0.6 is 0 Å². The molecule has 0 spiro atoms. The number of morpholine rings is 1. The van der Waals surface area contributed by atoms with Crippen LogP contribution in [-0.2, 0) is 16.1 Å². The molecule has 0 N–H and O–H groups in total. The zero-order chi connectivity index (χ0) is 12.3. The van der Waals surface area contributed by atoms with E-state index in [9.17, 15) is 9.59 Å². The summed E-state index contributed by atoms with van der Waals surface area (Å²) in [6, 6.07) is 3.53. The topological polar surface area (TPSA) is 51.5 Å². The lowest BCUT2D eigenvalue weighted by Gasteiger charge is -2.27. The Bertz CT molecular complexity index is 461. The van der Waals surface area contributed by atoms with E-state index in [1.807, 2.05) is 0 Å². The number of carbonyl (C=O) groups is 1. The van der Waals surface area contributed by atoms with Crippen molar-refractivity contribution in [2.45, 2.75) is 13.5 Å². The fraction of sp³-hybridized carbons (Fsp3) is 0.500. The van der Waals surface area contributed by atoms with Crippen LogP contribution in [0.15, 0.2) is 23.1 Å². The summed E-state index contributed by atoms with van der Waals surface area (Å²) in [5.74, 6) is -0.0269. The average molecular weight is 236 g/mol. The molecule has 2 rings (SSSR count). The third-order valence-electron chi connectivity index (χ3n) is 2.88. The van der Waals surface area contributed by atoms with Crippen molar-refractivity contribution < 1.29 is 9.53 Å². The number of carbonyl (C=O) groups excluding carboxylic acids is 1. The van der Waals surface area contributed by atoms with Gasteiger partial charge in [0.1, 0.15) is 6.54 Å². The van der Waals surface area contributed by atoms with Crippen molar-refractivity contribution in [1.82, 2.24) is 9.47 Å². The summed E-state index contributed by atoms with van der Waals surface area (Å²) >= 11 is 0. The zero-order valence-electron chi connectivity index (χ0n) is 9.89. The molecule has 0 atom stereocenters. The molecule has 0 unspecified atom stereocenters. The first-order valence-corrected chi connectivity index (χ1v) is 5.70. The molecule has 2 heterocycles. The molecule has 1 amide bonds. The molecule has 0 saturated carbocycles. The third-order valence-corrected chi connectivity index (χ3v) is 2.88. The van der Waals surface area contributed by atoms with Gasteiger partial charge < -0.3 is 14.2 Å². The molecule has 17 heavy (non-hydrogen) atoms. The first-order valence-electron chi connectivity index (χ1n) is 5.70. The molecule has 1 saturated heterocycles. The second-order valence-corrected chi connectivity index (χ2v) is 4.12. The number of hydrogen-bond donors (Lipinski definition) is 0. The Morgan fingerprint density at radius 3 is 2.82 bits per heavy atom. The van der Waals surface area contributed by atoms with Gasteiger partial charge in [0.2, 0.25) is 5.91 Å². The number of nitrogens with zero attached hydrogens (tertiary/aromatic N) is 2. The molecule has 0 radical (unpaired) electrons. The van der Waals surface area contributed by atoms with Crippen LogP contribution < -0.4 is 5.56 Å². The van der Waals surface area contributed by atoms with Crippen LogP contribution in [0.5, 0.6) is 0 Å². The number of ether oxygens (including phenoxy) is 1. The predicted molar refractivity (Wildman–Crippen MR) is 62.8 cm³/mol. The Morgan fingerprint density at radius 1 is 1.41 bits per heavy atom. The first kappa shape index (κ1) is 11.9. The molecule has 0 bridgehead atoms. The SMILES string of the molecule is Cc1cccn(CC(=O)N2CCOCC2)c1=O. The second-order valence-electron chi connectivity index (χ2n) is 4.12. The second kappa shape index (κ2) is 5.14. The lowest BCUT2D eigenvalue weighted by Crippen LogP contribution is -2.43. The molecule has 1 aliphatic heterocycles. The molecule has 92 valence electrons. The molecule has 0 aliphatic carbocycles. The number of aromatic nitrogens is 1. The van der Waals surface area contributed by atoms with Crippen molar-refractivity contribution in [2.24, 2.45) is 0 Å². The molecular weight excluding hydrogens is 220 g/mol. The van der Waals surface area contributed by atoms with E-state index in [4.69, 9.17) is 4.74 Å². The number of hydrogen-bond acceptors (Lipinski definition) is 3. The van der Waals surface area contributed by atoms with E-state index in [1.54, 1.807) is 30.2 Å². The molecule has 1 aromatic rings. The zero-order valence-corrected chi connectivity index (χ0v) is 9.89. The van der Waals surface area contributed by atoms with Crippen LogP contribution in [0.25, 0.3) is 0 Å². The summed E-state index contributed by atoms with van der Waals surface area (Å²) in [6.45, 7) is 4.24. The van der Waals surface area contributed by atoms with Gasteiger partial charge in [-0.05, 0) is 13.0 Å². The van der Waals surface area contributed by atoms with Gasteiger partial charge in [-0.2, -0.15) is 0 Å². The molecule has 5 heteroatoms. The normalized spacial score (nSPS) is 15.9. The van der Waals surface area contributed by atoms with Gasteiger partial charge in [-0.1, -0.05) is 6.07 Å². The molecule has 1 fully saturated rings. The minimum Gasteiger partial charge on any atom is -0.378 e. The van der Waals surface area contributed by atoms with Crippen LogP contribution in [0, 0.1) is 6.92 Å². The van der Waals surface area contributed by atoms with Crippen molar-refractivity contribution in [3.63, 3.8) is 0 Å². The van der Waals surface area contributed by atoms with Crippen LogP contribution in [0.1, 0.15) is 5.56 Å². The number of pyridine rings is 1. The molecule has 0 aromatic carbocycles. The van der Waals surface area contributed by atoms with Crippen LogP contribution in [0.3, 0.4) is 0 Å². The van der Waals surface area contributed by atoms with E-state index in [1.165, 1.54) is 4.57 Å². The van der Waals surface area contributed by atoms with Crippen molar-refractivity contribution in [3.05, 3.63) is 34.2 Å². The monoisotopic (exact) mass is 236 g/mol. The summed E-state index contributed by atoms with van der Waals surface area (Å²) in [6.07, 6.45) is 1.65. The highest BCUT2D eigenvalue weighted by molar-refractivity contribution is 5.76. The minimum absolute atomic E-state index is 0.0269. The Labute approximate surface area is 99.6 Å². The largest absolute Gasteiger partial charge is 0.378 e. The smallest absolute Gasteiger partial charge is 0.253 e. The van der Waals surface area contributed by atoms with E-state index in [0.29, 0.717) is 31.9 Å². The van der Waals surface area contributed by atoms with Gasteiger partial charge >= 0.3 is 0 Å². The standard InChI is InChI=1S/C12H16N2O3/c1-10-3-2-4-14(12(10)16)9-11(15)13-5-7-17-8-6-13/h2-4H,5-9H2,1H3. The molecule has 1 aliphatic rings. The van der Waals surface area contributed by atoms with E-state index in [2.05, 4.69) is 0 Å². The highest BCUT2D eigenvalue weighted by atomic mass is 16.5. The van der Waals surface area contributed by atoms with Gasteiger partial charge in [0.05, 0.1) is 13.2 Å². The van der Waals surface area contributed by atoms with E-state index in [0.717, 1.165) is 0 Å². The van der Waals surface area contributed by atoms with E-state index in [-0.39, 0.29) is 18.0 Å². The van der Waals surface area contributed by atoms with E-state index < -0.39 is 0 Å². The van der Waals surface area contributed by atoms with Crippen molar-refractivity contribution in [2.75, 3.05) is 26.3 Å². The third kappa shape index (κ3) is 2.74. The fourth-order valence-corrected chi connectivity index (χ4v) is 1.84. The van der Waals surface area contributed by atoms with Crippen LogP contribution in [-0.4, -0.2) is 41.7 Å². The van der Waals surface area contributed by atoms with Gasteiger partial charge in [-0.15, -0.1) is 0 Å². The maximum absolute atomic E-state index is 11.9. The Hall–Kier alpha value is -1.62. The van der Waals surface area contributed by atoms with Gasteiger partial charge in [0.25, 0.3) is 5.56 Å². The van der Waals surface area contributed by atoms with Crippen molar-refractivity contribution in [1.29, 1.82) is 0 Å². The number of rotatable bonds is 2. The number of amides is 1. The quantitative estimate of drug-likeness (QED) is 0.727. The molecule has 5 nitrogen and oxygen atoms in total. The van der Waals surface area contributed by atoms with Crippen molar-refractivity contribution in [3.8, 4) is 0 Å². The maximum Gasteiger partial charge on any atom is 0.253 e. The van der Waals surface area contributed by atoms with Crippen LogP contribution in [0.2, 0.25) is 0 Å². The Balaban J connectivity index is 2.07. The molecular formula is C12H16N2O3. The highest BCUT2D eigenvalue weighted by Gasteiger charge is 2.17. The summed E-state index contributed by atoms with van der Waals surface area (Å²) in [4.78, 5) is 25.4. The predicted octanol–water partition coefficient (Wildman–Crippen LogP) is 0.0155. The van der Waals surface area contributed by atoms with Gasteiger partial charge in [0.15, 0.2) is 0 Å². The summed E-state index contributed by atoms with van der Waals surface area (Å²) in [5, 5.41) is 0. The average Bonchev–Trinajstić information content (AvgIpc) is 2.36. The first-order chi connectivity index (χ1) is 8.18. The number of aryl methyl sites for hydroxylation is 1. The summed E-state index contributed by atoms with van der Waals surface area (Å²) < 4.78 is 6.63. The Kier molecular flexibility index (Phi) is 3.58. The van der Waals surface area contributed by atoms with E-state index >= 15 is 0 Å².